The molecule has 5 heteroatoms. The molecule has 0 aromatic carbocycles. The van der Waals surface area contributed by atoms with Crippen molar-refractivity contribution in [3.05, 3.63) is 22.8 Å². The Kier molecular flexibility index (Phi) is 4.89. The van der Waals surface area contributed by atoms with Crippen LogP contribution in [-0.4, -0.2) is 29.8 Å². The summed E-state index contributed by atoms with van der Waals surface area (Å²) in [6, 6.07) is 5.59. The van der Waals surface area contributed by atoms with Crippen molar-refractivity contribution in [3.8, 4) is 0 Å². The number of aromatic amines is 1. The maximum Gasteiger partial charge on any atom is 0.137 e. The molecule has 0 aliphatic carbocycles. The molecule has 0 aliphatic heterocycles. The number of hydrogen-bond donors (Lipinski definition) is 2. The van der Waals surface area contributed by atoms with Gasteiger partial charge in [0.25, 0.3) is 0 Å². The van der Waals surface area contributed by atoms with E-state index in [1.807, 2.05) is 6.07 Å². The number of nitrogens with zero attached hydrogens (tertiary/aromatic N) is 1. The van der Waals surface area contributed by atoms with E-state index >= 15 is 0 Å². The highest BCUT2D eigenvalue weighted by molar-refractivity contribution is 6.91. The number of nitrogens with one attached hydrogen (secondary N) is 1. The van der Waals surface area contributed by atoms with Crippen LogP contribution < -0.4 is 5.32 Å². The second-order valence-electron chi connectivity index (χ2n) is 5.34. The van der Waals surface area contributed by atoms with Crippen molar-refractivity contribution in [3.63, 3.8) is 0 Å². The lowest BCUT2D eigenvalue weighted by Crippen LogP contribution is -2.48. The summed E-state index contributed by atoms with van der Waals surface area (Å²) in [5.74, 6) is 0. The Hall–Kier alpha value is -0.843. The fraction of sp³-hybridized carbons (Fsp3) is 0.533. The topological polar surface area (TPSA) is 48.9 Å². The van der Waals surface area contributed by atoms with Crippen molar-refractivity contribution in [1.29, 1.82) is 0 Å². The molecule has 110 valence electrons. The second kappa shape index (κ2) is 6.29. The summed E-state index contributed by atoms with van der Waals surface area (Å²) in [5.41, 5.74) is 2.13. The highest BCUT2D eigenvalue weighted by atomic mass is 35.5. The number of aliphatic hydroxyl groups is 1. The molecule has 0 radical (unpaired) electrons. The van der Waals surface area contributed by atoms with Gasteiger partial charge in [-0.1, -0.05) is 50.5 Å². The number of pyridine rings is 1. The molecular formula is C15H23ClN2OSi. The van der Waals surface area contributed by atoms with E-state index in [1.54, 1.807) is 6.20 Å². The summed E-state index contributed by atoms with van der Waals surface area (Å²) in [6.45, 7) is 7.02. The van der Waals surface area contributed by atoms with Crippen LogP contribution >= 0.6 is 11.6 Å². The predicted octanol–water partition coefficient (Wildman–Crippen LogP) is 3.47. The molecule has 2 N–H and O–H groups in total. The summed E-state index contributed by atoms with van der Waals surface area (Å²) >= 11 is 6.09. The van der Waals surface area contributed by atoms with Crippen molar-refractivity contribution in [1.82, 2.24) is 9.97 Å². The van der Waals surface area contributed by atoms with Crippen LogP contribution in [0.15, 0.2) is 12.3 Å². The number of hydrogen-bond acceptors (Lipinski definition) is 2. The molecule has 0 spiro atoms. The zero-order chi connectivity index (χ0) is 14.8. The smallest absolute Gasteiger partial charge is 0.137 e. The average molecular weight is 311 g/mol. The van der Waals surface area contributed by atoms with E-state index in [2.05, 4.69) is 30.7 Å². The highest BCUT2D eigenvalue weighted by Crippen LogP contribution is 2.27. The molecule has 2 heterocycles. The van der Waals surface area contributed by atoms with Crippen LogP contribution in [0, 0.1) is 0 Å². The van der Waals surface area contributed by atoms with Crippen LogP contribution in [0.5, 0.6) is 0 Å². The van der Waals surface area contributed by atoms with E-state index in [0.717, 1.165) is 11.0 Å². The fourth-order valence-electron chi connectivity index (χ4n) is 3.20. The van der Waals surface area contributed by atoms with Gasteiger partial charge in [-0.2, -0.15) is 0 Å². The Labute approximate surface area is 126 Å². The lowest BCUT2D eigenvalue weighted by atomic mass is 10.2. The molecule has 0 unspecified atom stereocenters. The summed E-state index contributed by atoms with van der Waals surface area (Å²) in [6.07, 6.45) is 2.35. The third-order valence-electron chi connectivity index (χ3n) is 4.65. The molecule has 3 nitrogen and oxygen atoms in total. The van der Waals surface area contributed by atoms with Gasteiger partial charge in [-0.3, -0.25) is 0 Å². The molecule has 0 fully saturated rings. The highest BCUT2D eigenvalue weighted by Gasteiger charge is 2.34. The van der Waals surface area contributed by atoms with Gasteiger partial charge >= 0.3 is 0 Å². The van der Waals surface area contributed by atoms with Crippen molar-refractivity contribution in [2.75, 3.05) is 6.61 Å². The third-order valence-corrected chi connectivity index (χ3v) is 10.4. The Morgan fingerprint density at radius 3 is 2.45 bits per heavy atom. The molecular weight excluding hydrogens is 288 g/mol. The first kappa shape index (κ1) is 15.5. The Morgan fingerprint density at radius 2 is 1.90 bits per heavy atom. The Balaban J connectivity index is 2.71. The minimum Gasteiger partial charge on any atom is -0.396 e. The normalized spacial score (nSPS) is 12.2. The summed E-state index contributed by atoms with van der Waals surface area (Å²) < 4.78 is 0. The average Bonchev–Trinajstić information content (AvgIpc) is 2.81. The largest absolute Gasteiger partial charge is 0.396 e. The monoisotopic (exact) mass is 310 g/mol. The molecule has 2 aromatic heterocycles. The second-order valence-corrected chi connectivity index (χ2v) is 11.0. The Bertz CT molecular complexity index is 585. The molecule has 0 aliphatic rings. The van der Waals surface area contributed by atoms with Crippen LogP contribution in [-0.2, 0) is 6.42 Å². The van der Waals surface area contributed by atoms with E-state index < -0.39 is 8.07 Å². The molecule has 0 saturated heterocycles. The van der Waals surface area contributed by atoms with E-state index in [0.29, 0.717) is 11.4 Å². The minimum absolute atomic E-state index is 0.161. The van der Waals surface area contributed by atoms with Crippen LogP contribution in [0.3, 0.4) is 0 Å². The van der Waals surface area contributed by atoms with Crippen molar-refractivity contribution < 1.29 is 5.11 Å². The van der Waals surface area contributed by atoms with Crippen molar-refractivity contribution in [2.45, 2.75) is 45.3 Å². The molecule has 0 bridgehead atoms. The van der Waals surface area contributed by atoms with E-state index in [-0.39, 0.29) is 6.61 Å². The lowest BCUT2D eigenvalue weighted by molar-refractivity contribution is 0.300. The zero-order valence-electron chi connectivity index (χ0n) is 12.5. The van der Waals surface area contributed by atoms with Gasteiger partial charge in [0.1, 0.15) is 13.7 Å². The third kappa shape index (κ3) is 2.52. The first-order valence-corrected chi connectivity index (χ1v) is 10.4. The fourth-order valence-corrected chi connectivity index (χ4v) is 7.20. The first-order valence-electron chi connectivity index (χ1n) is 7.39. The van der Waals surface area contributed by atoms with Gasteiger partial charge in [-0.05, 0) is 18.1 Å². The molecule has 2 rings (SSSR count). The van der Waals surface area contributed by atoms with Gasteiger partial charge in [-0.15, -0.1) is 0 Å². The molecule has 2 aromatic rings. The zero-order valence-corrected chi connectivity index (χ0v) is 14.2. The van der Waals surface area contributed by atoms with Gasteiger partial charge in [0.2, 0.25) is 0 Å². The summed E-state index contributed by atoms with van der Waals surface area (Å²) in [7, 11) is -1.53. The molecule has 20 heavy (non-hydrogen) atoms. The minimum atomic E-state index is -1.53. The summed E-state index contributed by atoms with van der Waals surface area (Å²) in [5, 5.41) is 12.5. The SMILES string of the molecule is CC[Si](CC)(CC)c1[nH]c2ncc(Cl)cc2c1CCO. The van der Waals surface area contributed by atoms with Gasteiger partial charge in [0, 0.05) is 23.5 Å². The lowest BCUT2D eigenvalue weighted by Gasteiger charge is -2.28. The molecule has 0 atom stereocenters. The molecule has 0 amide bonds. The number of fused-ring (bicyclic) bond motifs is 1. The summed E-state index contributed by atoms with van der Waals surface area (Å²) in [4.78, 5) is 7.96. The van der Waals surface area contributed by atoms with Crippen LogP contribution in [0.4, 0.5) is 0 Å². The van der Waals surface area contributed by atoms with E-state index in [1.165, 1.54) is 29.0 Å². The number of aliphatic hydroxyl groups excluding tert-OH is 1. The number of rotatable bonds is 6. The number of halogens is 1. The van der Waals surface area contributed by atoms with Crippen LogP contribution in [0.1, 0.15) is 26.3 Å². The van der Waals surface area contributed by atoms with E-state index in [4.69, 9.17) is 11.6 Å². The number of H-pyrrole nitrogens is 1. The van der Waals surface area contributed by atoms with Crippen LogP contribution in [0.2, 0.25) is 23.2 Å². The van der Waals surface area contributed by atoms with Gasteiger partial charge in [0.05, 0.1) is 5.02 Å². The maximum atomic E-state index is 9.42. The van der Waals surface area contributed by atoms with Crippen molar-refractivity contribution in [2.24, 2.45) is 0 Å². The maximum absolute atomic E-state index is 9.42. The van der Waals surface area contributed by atoms with Crippen molar-refractivity contribution >= 4 is 36.0 Å². The van der Waals surface area contributed by atoms with Gasteiger partial charge in [0.15, 0.2) is 0 Å². The van der Waals surface area contributed by atoms with Gasteiger partial charge in [-0.25, -0.2) is 4.98 Å². The van der Waals surface area contributed by atoms with Gasteiger partial charge < -0.3 is 10.1 Å². The number of aromatic nitrogens is 2. The van der Waals surface area contributed by atoms with Crippen LogP contribution in [0.25, 0.3) is 11.0 Å². The Morgan fingerprint density at radius 1 is 1.25 bits per heavy atom. The predicted molar refractivity (Wildman–Crippen MR) is 88.7 cm³/mol. The molecule has 0 saturated carbocycles. The van der Waals surface area contributed by atoms with E-state index in [9.17, 15) is 5.11 Å². The standard InChI is InChI=1S/C15H23ClN2OSi/c1-4-20(5-2,6-3)15-12(7-8-19)13-9-11(16)10-17-14(13)18-15/h9-10,19H,4-8H2,1-3H3,(H,17,18). The first-order chi connectivity index (χ1) is 9.61. The quantitative estimate of drug-likeness (QED) is 0.803.